The Bertz CT molecular complexity index is 1300. The van der Waals surface area contributed by atoms with Crippen LogP contribution in [-0.4, -0.2) is 12.6 Å². The van der Waals surface area contributed by atoms with Gasteiger partial charge in [0, 0.05) is 11.1 Å². The van der Waals surface area contributed by atoms with Crippen LogP contribution < -0.4 is 14.9 Å². The molecule has 4 rings (SSSR count). The average molecular weight is 435 g/mol. The maximum Gasteiger partial charge on any atom is 0.349 e. The van der Waals surface area contributed by atoms with Gasteiger partial charge in [-0.25, -0.2) is 4.79 Å². The highest BCUT2D eigenvalue weighted by atomic mass is 35.5. The van der Waals surface area contributed by atoms with E-state index in [1.54, 1.807) is 36.4 Å². The van der Waals surface area contributed by atoms with Gasteiger partial charge in [-0.05, 0) is 66.9 Å². The van der Waals surface area contributed by atoms with Crippen LogP contribution in [0.1, 0.15) is 11.1 Å². The van der Waals surface area contributed by atoms with Gasteiger partial charge in [-0.1, -0.05) is 29.8 Å². The van der Waals surface area contributed by atoms with Gasteiger partial charge >= 0.3 is 5.97 Å². The van der Waals surface area contributed by atoms with Gasteiger partial charge in [-0.3, -0.25) is 4.79 Å². The molecule has 0 aliphatic rings. The van der Waals surface area contributed by atoms with E-state index in [-0.39, 0.29) is 17.8 Å². The molecule has 0 spiro atoms. The molecule has 0 saturated carbocycles. The Morgan fingerprint density at radius 1 is 0.935 bits per heavy atom. The van der Waals surface area contributed by atoms with Crippen LogP contribution in [0.4, 0.5) is 0 Å². The minimum Gasteiger partial charge on any atom is -0.482 e. The average Bonchev–Trinajstić information content (AvgIpc) is 2.73. The van der Waals surface area contributed by atoms with Crippen molar-refractivity contribution >= 4 is 28.5 Å². The van der Waals surface area contributed by atoms with Crippen molar-refractivity contribution in [2.24, 2.45) is 0 Å². The Hall–Kier alpha value is -3.57. The summed E-state index contributed by atoms with van der Waals surface area (Å²) in [5, 5.41) is 0.973. The number of ether oxygens (including phenoxy) is 2. The van der Waals surface area contributed by atoms with E-state index in [0.29, 0.717) is 32.9 Å². The summed E-state index contributed by atoms with van der Waals surface area (Å²) >= 11 is 5.91. The lowest BCUT2D eigenvalue weighted by Crippen LogP contribution is -2.17. The first-order valence-electron chi connectivity index (χ1n) is 9.62. The van der Waals surface area contributed by atoms with Crippen LogP contribution >= 0.6 is 11.6 Å². The number of esters is 1. The summed E-state index contributed by atoms with van der Waals surface area (Å²) in [4.78, 5) is 25.0. The smallest absolute Gasteiger partial charge is 0.349 e. The number of hydrogen-bond donors (Lipinski definition) is 0. The second kappa shape index (κ2) is 8.66. The van der Waals surface area contributed by atoms with E-state index in [9.17, 15) is 9.59 Å². The third-order valence-corrected chi connectivity index (χ3v) is 4.94. The lowest BCUT2D eigenvalue weighted by molar-refractivity contribution is -0.136. The van der Waals surface area contributed by atoms with Gasteiger partial charge in [0.05, 0.1) is 10.9 Å². The number of carbonyl (C=O) groups is 1. The van der Waals surface area contributed by atoms with E-state index < -0.39 is 5.97 Å². The summed E-state index contributed by atoms with van der Waals surface area (Å²) in [6.45, 7) is 3.68. The summed E-state index contributed by atoms with van der Waals surface area (Å²) in [6, 6.07) is 17.3. The molecule has 0 radical (unpaired) electrons. The molecule has 0 aliphatic heterocycles. The van der Waals surface area contributed by atoms with Gasteiger partial charge in [0.25, 0.3) is 0 Å². The third-order valence-electron chi connectivity index (χ3n) is 4.68. The van der Waals surface area contributed by atoms with Crippen LogP contribution in [0.2, 0.25) is 5.02 Å². The molecule has 6 heteroatoms. The van der Waals surface area contributed by atoms with E-state index in [2.05, 4.69) is 0 Å². The van der Waals surface area contributed by atoms with Crippen molar-refractivity contribution in [3.63, 3.8) is 0 Å². The van der Waals surface area contributed by atoms with E-state index in [1.165, 1.54) is 12.3 Å². The van der Waals surface area contributed by atoms with Crippen molar-refractivity contribution in [3.8, 4) is 22.6 Å². The Morgan fingerprint density at radius 2 is 1.65 bits per heavy atom. The van der Waals surface area contributed by atoms with Crippen LogP contribution in [0, 0.1) is 13.8 Å². The molecule has 0 bridgehead atoms. The van der Waals surface area contributed by atoms with Crippen LogP contribution in [0.15, 0.2) is 76.1 Å². The second-order valence-corrected chi connectivity index (χ2v) is 7.67. The van der Waals surface area contributed by atoms with Crippen LogP contribution in [0.25, 0.3) is 22.1 Å². The first-order valence-corrected chi connectivity index (χ1v) is 10.00. The number of aryl methyl sites for hydroxylation is 2. The largest absolute Gasteiger partial charge is 0.482 e. The quantitative estimate of drug-likeness (QED) is 0.297. The zero-order valence-corrected chi connectivity index (χ0v) is 17.7. The summed E-state index contributed by atoms with van der Waals surface area (Å²) in [5.41, 5.74) is 3.37. The predicted molar refractivity (Wildman–Crippen MR) is 120 cm³/mol. The van der Waals surface area contributed by atoms with E-state index in [1.807, 2.05) is 32.0 Å². The fourth-order valence-electron chi connectivity index (χ4n) is 3.32. The minimum absolute atomic E-state index is 0.181. The molecular weight excluding hydrogens is 416 g/mol. The summed E-state index contributed by atoms with van der Waals surface area (Å²) < 4.78 is 16.5. The molecule has 0 N–H and O–H groups in total. The van der Waals surface area contributed by atoms with E-state index >= 15 is 0 Å². The molecule has 156 valence electrons. The first-order chi connectivity index (χ1) is 14.9. The fourth-order valence-corrected chi connectivity index (χ4v) is 3.45. The molecule has 0 atom stereocenters. The Labute approximate surface area is 183 Å². The van der Waals surface area contributed by atoms with Crippen LogP contribution in [-0.2, 0) is 4.79 Å². The lowest BCUT2D eigenvalue weighted by atomic mass is 10.1. The molecule has 0 aliphatic carbocycles. The van der Waals surface area contributed by atoms with Crippen molar-refractivity contribution in [2.75, 3.05) is 6.61 Å². The summed E-state index contributed by atoms with van der Waals surface area (Å²) in [6.07, 6.45) is 1.39. The number of hydrogen-bond acceptors (Lipinski definition) is 5. The normalized spacial score (nSPS) is 10.8. The predicted octanol–water partition coefficient (Wildman–Crippen LogP) is 5.71. The standard InChI is InChI=1S/C25H19ClO5/c1-15-9-16(2)11-20(10-15)29-14-24(27)31-19-7-8-21-23(12-19)30-13-22(25(21)28)17-3-5-18(26)6-4-17/h3-13H,14H2,1-2H3. The molecule has 0 saturated heterocycles. The van der Waals surface area contributed by atoms with Gasteiger partial charge in [0.2, 0.25) is 0 Å². The molecule has 3 aromatic carbocycles. The molecule has 1 heterocycles. The number of fused-ring (bicyclic) bond motifs is 1. The Balaban J connectivity index is 1.50. The first kappa shape index (κ1) is 20.7. The molecule has 1 aromatic heterocycles. The van der Waals surface area contributed by atoms with Crippen molar-refractivity contribution in [1.29, 1.82) is 0 Å². The molecule has 5 nitrogen and oxygen atoms in total. The lowest BCUT2D eigenvalue weighted by Gasteiger charge is -2.09. The van der Waals surface area contributed by atoms with Gasteiger partial charge < -0.3 is 13.9 Å². The zero-order valence-electron chi connectivity index (χ0n) is 17.0. The topological polar surface area (TPSA) is 65.7 Å². The molecule has 0 fully saturated rings. The van der Waals surface area contributed by atoms with Gasteiger partial charge in [0.1, 0.15) is 23.3 Å². The van der Waals surface area contributed by atoms with E-state index in [4.69, 9.17) is 25.5 Å². The summed E-state index contributed by atoms with van der Waals surface area (Å²) in [7, 11) is 0. The molecule has 0 amide bonds. The van der Waals surface area contributed by atoms with Crippen molar-refractivity contribution in [2.45, 2.75) is 13.8 Å². The SMILES string of the molecule is Cc1cc(C)cc(OCC(=O)Oc2ccc3c(=O)c(-c4ccc(Cl)cc4)coc3c2)c1. The van der Waals surface area contributed by atoms with Gasteiger partial charge in [-0.15, -0.1) is 0 Å². The maximum atomic E-state index is 12.8. The number of benzene rings is 3. The highest BCUT2D eigenvalue weighted by molar-refractivity contribution is 6.30. The molecular formula is C25H19ClO5. The van der Waals surface area contributed by atoms with Crippen molar-refractivity contribution < 1.29 is 18.7 Å². The summed E-state index contributed by atoms with van der Waals surface area (Å²) in [5.74, 6) is 0.316. The van der Waals surface area contributed by atoms with Crippen LogP contribution in [0.3, 0.4) is 0 Å². The fraction of sp³-hybridized carbons (Fsp3) is 0.120. The highest BCUT2D eigenvalue weighted by Gasteiger charge is 2.12. The van der Waals surface area contributed by atoms with Gasteiger partial charge in [0.15, 0.2) is 12.0 Å². The number of rotatable bonds is 5. The number of carbonyl (C=O) groups excluding carboxylic acids is 1. The van der Waals surface area contributed by atoms with E-state index in [0.717, 1.165) is 11.1 Å². The maximum absolute atomic E-state index is 12.8. The molecule has 4 aromatic rings. The second-order valence-electron chi connectivity index (χ2n) is 7.23. The Kier molecular flexibility index (Phi) is 5.78. The van der Waals surface area contributed by atoms with Crippen molar-refractivity contribution in [1.82, 2.24) is 0 Å². The van der Waals surface area contributed by atoms with Crippen molar-refractivity contribution in [3.05, 3.63) is 93.3 Å². The monoisotopic (exact) mass is 434 g/mol. The highest BCUT2D eigenvalue weighted by Crippen LogP contribution is 2.24. The molecule has 31 heavy (non-hydrogen) atoms. The Morgan fingerprint density at radius 3 is 2.35 bits per heavy atom. The zero-order chi connectivity index (χ0) is 22.0. The third kappa shape index (κ3) is 4.78. The minimum atomic E-state index is -0.557. The van der Waals surface area contributed by atoms with Gasteiger partial charge in [-0.2, -0.15) is 0 Å². The van der Waals surface area contributed by atoms with Crippen LogP contribution in [0.5, 0.6) is 11.5 Å². The number of halogens is 1. The molecule has 0 unspecified atom stereocenters.